The van der Waals surface area contributed by atoms with Crippen LogP contribution in [0, 0.1) is 17.8 Å². The maximum Gasteiger partial charge on any atom is 0.307 e. The molecule has 4 heteroatoms. The molecule has 0 heterocycles. The molecule has 0 aliphatic heterocycles. The number of hydrogen-bond acceptors (Lipinski definition) is 2. The van der Waals surface area contributed by atoms with Gasteiger partial charge in [-0.2, -0.15) is 0 Å². The van der Waals surface area contributed by atoms with Crippen molar-refractivity contribution in [2.75, 3.05) is 6.54 Å². The van der Waals surface area contributed by atoms with Crippen molar-refractivity contribution in [2.45, 2.75) is 32.6 Å². The predicted molar refractivity (Wildman–Crippen MR) is 80.9 cm³/mol. The lowest BCUT2D eigenvalue weighted by atomic mass is 9.73. The van der Waals surface area contributed by atoms with Gasteiger partial charge in [-0.3, -0.25) is 9.59 Å². The second kappa shape index (κ2) is 6.74. The highest BCUT2D eigenvalue weighted by molar-refractivity contribution is 5.86. The quantitative estimate of drug-likeness (QED) is 0.846. The lowest BCUT2D eigenvalue weighted by Gasteiger charge is -2.32. The Morgan fingerprint density at radius 2 is 1.81 bits per heavy atom. The van der Waals surface area contributed by atoms with Crippen LogP contribution in [0.25, 0.3) is 0 Å². The molecule has 4 nitrogen and oxygen atoms in total. The zero-order chi connectivity index (χ0) is 15.4. The molecule has 21 heavy (non-hydrogen) atoms. The van der Waals surface area contributed by atoms with Gasteiger partial charge in [0.25, 0.3) is 0 Å². The summed E-state index contributed by atoms with van der Waals surface area (Å²) in [5.41, 5.74) is 1.20. The highest BCUT2D eigenvalue weighted by Crippen LogP contribution is 2.34. The van der Waals surface area contributed by atoms with Gasteiger partial charge in [-0.1, -0.05) is 44.2 Å². The molecule has 3 unspecified atom stereocenters. The fourth-order valence-corrected chi connectivity index (χ4v) is 2.89. The Labute approximate surface area is 125 Å². The Kier molecular flexibility index (Phi) is 4.99. The van der Waals surface area contributed by atoms with Crippen molar-refractivity contribution in [2.24, 2.45) is 17.8 Å². The Balaban J connectivity index is 1.94. The van der Waals surface area contributed by atoms with Gasteiger partial charge in [0.1, 0.15) is 0 Å². The molecule has 0 radical (unpaired) electrons. The number of carboxylic acids is 1. The number of rotatable bonds is 6. The van der Waals surface area contributed by atoms with Crippen LogP contribution in [-0.2, 0) is 9.59 Å². The topological polar surface area (TPSA) is 66.4 Å². The SMILES string of the molecule is CC(C)C(CNC(=O)C1CCC1C(=O)O)c1ccccc1. The standard InChI is InChI=1S/C17H23NO3/c1-11(2)15(12-6-4-3-5-7-12)10-18-16(19)13-8-9-14(13)17(20)21/h3-7,11,13-15H,8-10H2,1-2H3,(H,18,19)(H,20,21). The van der Waals surface area contributed by atoms with Gasteiger partial charge >= 0.3 is 5.97 Å². The monoisotopic (exact) mass is 289 g/mol. The van der Waals surface area contributed by atoms with Crippen LogP contribution < -0.4 is 5.32 Å². The molecular weight excluding hydrogens is 266 g/mol. The average molecular weight is 289 g/mol. The van der Waals surface area contributed by atoms with Gasteiger partial charge in [-0.25, -0.2) is 0 Å². The minimum absolute atomic E-state index is 0.116. The minimum Gasteiger partial charge on any atom is -0.481 e. The Bertz CT molecular complexity index is 498. The smallest absolute Gasteiger partial charge is 0.307 e. The van der Waals surface area contributed by atoms with E-state index in [-0.39, 0.29) is 17.7 Å². The summed E-state index contributed by atoms with van der Waals surface area (Å²) in [5.74, 6) is -1.17. The molecule has 2 N–H and O–H groups in total. The van der Waals surface area contributed by atoms with E-state index in [2.05, 4.69) is 31.3 Å². The number of nitrogens with one attached hydrogen (secondary N) is 1. The Morgan fingerprint density at radius 3 is 2.29 bits per heavy atom. The van der Waals surface area contributed by atoms with Crippen LogP contribution in [0.3, 0.4) is 0 Å². The molecule has 1 aliphatic carbocycles. The maximum atomic E-state index is 12.1. The zero-order valence-corrected chi connectivity index (χ0v) is 12.6. The molecule has 1 aromatic carbocycles. The summed E-state index contributed by atoms with van der Waals surface area (Å²) < 4.78 is 0. The van der Waals surface area contributed by atoms with E-state index in [1.807, 2.05) is 18.2 Å². The van der Waals surface area contributed by atoms with E-state index in [1.165, 1.54) is 5.56 Å². The number of carboxylic acid groups (broad SMARTS) is 1. The van der Waals surface area contributed by atoms with Crippen LogP contribution in [0.1, 0.15) is 38.2 Å². The van der Waals surface area contributed by atoms with E-state index in [4.69, 9.17) is 5.11 Å². The second-order valence-electron chi connectivity index (χ2n) is 6.13. The van der Waals surface area contributed by atoms with E-state index >= 15 is 0 Å². The molecule has 0 spiro atoms. The first-order chi connectivity index (χ1) is 10.0. The molecule has 1 saturated carbocycles. The third-order valence-corrected chi connectivity index (χ3v) is 4.46. The van der Waals surface area contributed by atoms with Gasteiger partial charge in [0.05, 0.1) is 11.8 Å². The molecule has 0 bridgehead atoms. The molecule has 1 fully saturated rings. The van der Waals surface area contributed by atoms with E-state index < -0.39 is 11.9 Å². The molecule has 1 aromatic rings. The lowest BCUT2D eigenvalue weighted by molar-refractivity contribution is -0.152. The van der Waals surface area contributed by atoms with Crippen molar-refractivity contribution in [3.05, 3.63) is 35.9 Å². The van der Waals surface area contributed by atoms with Gasteiger partial charge in [0, 0.05) is 12.5 Å². The zero-order valence-electron chi connectivity index (χ0n) is 12.6. The summed E-state index contributed by atoms with van der Waals surface area (Å²) in [6.07, 6.45) is 1.29. The molecule has 2 rings (SSSR count). The number of carbonyl (C=O) groups is 2. The van der Waals surface area contributed by atoms with E-state index in [9.17, 15) is 9.59 Å². The largest absolute Gasteiger partial charge is 0.481 e. The van der Waals surface area contributed by atoms with E-state index in [0.717, 1.165) is 0 Å². The molecular formula is C17H23NO3. The summed E-state index contributed by atoms with van der Waals surface area (Å²) >= 11 is 0. The van der Waals surface area contributed by atoms with Crippen LogP contribution >= 0.6 is 0 Å². The molecule has 3 atom stereocenters. The molecule has 1 aliphatic rings. The summed E-state index contributed by atoms with van der Waals surface area (Å²) in [6, 6.07) is 10.1. The van der Waals surface area contributed by atoms with Gasteiger partial charge in [0.2, 0.25) is 5.91 Å². The van der Waals surface area contributed by atoms with Crippen molar-refractivity contribution in [3.8, 4) is 0 Å². The number of amides is 1. The highest BCUT2D eigenvalue weighted by atomic mass is 16.4. The maximum absolute atomic E-state index is 12.1. The number of carbonyl (C=O) groups excluding carboxylic acids is 1. The number of benzene rings is 1. The fraction of sp³-hybridized carbons (Fsp3) is 0.529. The van der Waals surface area contributed by atoms with Crippen molar-refractivity contribution >= 4 is 11.9 Å². The first-order valence-corrected chi connectivity index (χ1v) is 7.56. The van der Waals surface area contributed by atoms with Gasteiger partial charge in [0.15, 0.2) is 0 Å². The van der Waals surface area contributed by atoms with Gasteiger partial charge < -0.3 is 10.4 Å². The summed E-state index contributed by atoms with van der Waals surface area (Å²) in [7, 11) is 0. The van der Waals surface area contributed by atoms with Crippen LogP contribution in [0.15, 0.2) is 30.3 Å². The van der Waals surface area contributed by atoms with Gasteiger partial charge in [-0.15, -0.1) is 0 Å². The van der Waals surface area contributed by atoms with Crippen LogP contribution in [0.2, 0.25) is 0 Å². The van der Waals surface area contributed by atoms with Gasteiger partial charge in [-0.05, 0) is 24.3 Å². The van der Waals surface area contributed by atoms with Crippen molar-refractivity contribution < 1.29 is 14.7 Å². The predicted octanol–water partition coefficient (Wildman–Crippen LogP) is 2.65. The summed E-state index contributed by atoms with van der Waals surface area (Å²) in [6.45, 7) is 4.82. The first-order valence-electron chi connectivity index (χ1n) is 7.56. The van der Waals surface area contributed by atoms with Crippen LogP contribution in [0.5, 0.6) is 0 Å². The van der Waals surface area contributed by atoms with Crippen molar-refractivity contribution in [1.82, 2.24) is 5.32 Å². The van der Waals surface area contributed by atoms with Crippen molar-refractivity contribution in [1.29, 1.82) is 0 Å². The van der Waals surface area contributed by atoms with E-state index in [0.29, 0.717) is 25.3 Å². The van der Waals surface area contributed by atoms with Crippen LogP contribution in [-0.4, -0.2) is 23.5 Å². The molecule has 0 saturated heterocycles. The summed E-state index contributed by atoms with van der Waals surface area (Å²) in [5, 5.41) is 12.0. The fourth-order valence-electron chi connectivity index (χ4n) is 2.89. The second-order valence-corrected chi connectivity index (χ2v) is 6.13. The first kappa shape index (κ1) is 15.5. The number of hydrogen-bond donors (Lipinski definition) is 2. The summed E-state index contributed by atoms with van der Waals surface area (Å²) in [4.78, 5) is 23.1. The third-order valence-electron chi connectivity index (χ3n) is 4.46. The Hall–Kier alpha value is -1.84. The molecule has 1 amide bonds. The minimum atomic E-state index is -0.857. The Morgan fingerprint density at radius 1 is 1.19 bits per heavy atom. The average Bonchev–Trinajstić information content (AvgIpc) is 2.37. The van der Waals surface area contributed by atoms with Crippen molar-refractivity contribution in [3.63, 3.8) is 0 Å². The molecule has 0 aromatic heterocycles. The third kappa shape index (κ3) is 3.63. The lowest BCUT2D eigenvalue weighted by Crippen LogP contribution is -2.45. The molecule has 114 valence electrons. The van der Waals surface area contributed by atoms with E-state index in [1.54, 1.807) is 0 Å². The number of aliphatic carboxylic acids is 1. The normalized spacial score (nSPS) is 22.4. The highest BCUT2D eigenvalue weighted by Gasteiger charge is 2.41. The van der Waals surface area contributed by atoms with Crippen LogP contribution in [0.4, 0.5) is 0 Å².